The summed E-state index contributed by atoms with van der Waals surface area (Å²) in [6.45, 7) is 6.24. The van der Waals surface area contributed by atoms with Crippen molar-refractivity contribution in [3.8, 4) is 11.5 Å². The topological polar surface area (TPSA) is 57.4 Å². The van der Waals surface area contributed by atoms with E-state index in [1.807, 2.05) is 38.1 Å². The molecule has 2 rings (SSSR count). The van der Waals surface area contributed by atoms with Crippen LogP contribution in [-0.4, -0.2) is 16.7 Å². The Morgan fingerprint density at radius 2 is 1.89 bits per heavy atom. The second-order valence-electron chi connectivity index (χ2n) is 3.84. The third kappa shape index (κ3) is 3.00. The summed E-state index contributed by atoms with van der Waals surface area (Å²) >= 11 is 0. The van der Waals surface area contributed by atoms with Crippen LogP contribution in [0.4, 0.5) is 0 Å². The molecular weight excluding hydrogens is 232 g/mol. The summed E-state index contributed by atoms with van der Waals surface area (Å²) < 4.78 is 16.1. The summed E-state index contributed by atoms with van der Waals surface area (Å²) in [5.41, 5.74) is 0. The van der Waals surface area contributed by atoms with Crippen molar-refractivity contribution in [1.29, 1.82) is 0 Å². The van der Waals surface area contributed by atoms with Crippen LogP contribution < -0.4 is 9.47 Å². The summed E-state index contributed by atoms with van der Waals surface area (Å²) in [5.74, 6) is 2.64. The molecule has 0 aliphatic carbocycles. The van der Waals surface area contributed by atoms with Crippen LogP contribution >= 0.6 is 0 Å². The molecule has 0 saturated heterocycles. The zero-order valence-electron chi connectivity index (χ0n) is 10.7. The summed E-state index contributed by atoms with van der Waals surface area (Å²) in [7, 11) is 0. The third-order valence-corrected chi connectivity index (χ3v) is 2.34. The molecule has 0 amide bonds. The highest BCUT2D eigenvalue weighted by atomic mass is 16.5. The number of aryl methyl sites for hydroxylation is 1. The minimum atomic E-state index is -0.274. The predicted molar refractivity (Wildman–Crippen MR) is 65.7 cm³/mol. The van der Waals surface area contributed by atoms with Crippen LogP contribution in [0.2, 0.25) is 0 Å². The van der Waals surface area contributed by atoms with Gasteiger partial charge in [-0.05, 0) is 45.0 Å². The number of rotatable bonds is 5. The van der Waals surface area contributed by atoms with Gasteiger partial charge in [-0.15, -0.1) is 0 Å². The first-order valence-corrected chi connectivity index (χ1v) is 5.88. The van der Waals surface area contributed by atoms with Gasteiger partial charge < -0.3 is 14.0 Å². The first-order valence-electron chi connectivity index (χ1n) is 5.88. The van der Waals surface area contributed by atoms with Crippen molar-refractivity contribution < 1.29 is 14.0 Å². The Hall–Kier alpha value is -2.04. The molecule has 0 saturated carbocycles. The van der Waals surface area contributed by atoms with Gasteiger partial charge in [-0.3, -0.25) is 0 Å². The molecule has 0 fully saturated rings. The number of ether oxygens (including phenoxy) is 2. The zero-order valence-corrected chi connectivity index (χ0v) is 10.7. The molecular formula is C13H16N2O3. The van der Waals surface area contributed by atoms with E-state index in [0.717, 1.165) is 11.5 Å². The standard InChI is InChI=1S/C13H16N2O3/c1-4-16-11-5-7-12(8-6-11)17-9(2)13-14-10(3)15-18-13/h5-9H,4H2,1-3H3. The van der Waals surface area contributed by atoms with Crippen LogP contribution in [-0.2, 0) is 0 Å². The van der Waals surface area contributed by atoms with Gasteiger partial charge in [0.05, 0.1) is 6.61 Å². The molecule has 96 valence electrons. The van der Waals surface area contributed by atoms with Crippen LogP contribution in [0.1, 0.15) is 31.7 Å². The molecule has 0 spiro atoms. The fourth-order valence-electron chi connectivity index (χ4n) is 1.51. The van der Waals surface area contributed by atoms with Crippen molar-refractivity contribution >= 4 is 0 Å². The molecule has 0 N–H and O–H groups in total. The molecule has 5 nitrogen and oxygen atoms in total. The van der Waals surface area contributed by atoms with E-state index >= 15 is 0 Å². The van der Waals surface area contributed by atoms with Crippen LogP contribution in [0.25, 0.3) is 0 Å². The fourth-order valence-corrected chi connectivity index (χ4v) is 1.51. The van der Waals surface area contributed by atoms with E-state index in [2.05, 4.69) is 10.1 Å². The molecule has 2 aromatic rings. The largest absolute Gasteiger partial charge is 0.494 e. The highest BCUT2D eigenvalue weighted by molar-refractivity contribution is 5.31. The Kier molecular flexibility index (Phi) is 3.82. The minimum absolute atomic E-state index is 0.274. The van der Waals surface area contributed by atoms with E-state index in [9.17, 15) is 0 Å². The molecule has 0 bridgehead atoms. The monoisotopic (exact) mass is 248 g/mol. The maximum Gasteiger partial charge on any atom is 0.267 e. The quantitative estimate of drug-likeness (QED) is 0.814. The third-order valence-electron chi connectivity index (χ3n) is 2.34. The summed E-state index contributed by atoms with van der Waals surface area (Å²) in [6.07, 6.45) is -0.274. The van der Waals surface area contributed by atoms with E-state index in [4.69, 9.17) is 14.0 Å². The smallest absolute Gasteiger partial charge is 0.267 e. The maximum absolute atomic E-state index is 5.70. The lowest BCUT2D eigenvalue weighted by Crippen LogP contribution is -2.03. The van der Waals surface area contributed by atoms with Gasteiger partial charge in [0.1, 0.15) is 11.5 Å². The van der Waals surface area contributed by atoms with Gasteiger partial charge in [-0.25, -0.2) is 0 Å². The van der Waals surface area contributed by atoms with Gasteiger partial charge in [0.2, 0.25) is 0 Å². The van der Waals surface area contributed by atoms with Gasteiger partial charge in [-0.2, -0.15) is 4.98 Å². The maximum atomic E-state index is 5.70. The Labute approximate surface area is 106 Å². The average molecular weight is 248 g/mol. The number of aromatic nitrogens is 2. The lowest BCUT2D eigenvalue weighted by atomic mass is 10.3. The van der Waals surface area contributed by atoms with Crippen molar-refractivity contribution in [2.75, 3.05) is 6.61 Å². The van der Waals surface area contributed by atoms with Gasteiger partial charge in [-0.1, -0.05) is 5.16 Å². The van der Waals surface area contributed by atoms with Gasteiger partial charge in [0, 0.05) is 0 Å². The Bertz CT molecular complexity index is 493. The number of nitrogens with zero attached hydrogens (tertiary/aromatic N) is 2. The highest BCUT2D eigenvalue weighted by Gasteiger charge is 2.14. The Morgan fingerprint density at radius 1 is 1.22 bits per heavy atom. The number of hydrogen-bond donors (Lipinski definition) is 0. The van der Waals surface area contributed by atoms with E-state index in [1.165, 1.54) is 0 Å². The van der Waals surface area contributed by atoms with E-state index in [-0.39, 0.29) is 6.10 Å². The van der Waals surface area contributed by atoms with E-state index < -0.39 is 0 Å². The molecule has 0 aliphatic rings. The van der Waals surface area contributed by atoms with E-state index in [0.29, 0.717) is 18.3 Å². The molecule has 1 heterocycles. The van der Waals surface area contributed by atoms with Crippen LogP contribution in [0.3, 0.4) is 0 Å². The fraction of sp³-hybridized carbons (Fsp3) is 0.385. The van der Waals surface area contributed by atoms with Crippen molar-refractivity contribution in [3.05, 3.63) is 36.0 Å². The summed E-state index contributed by atoms with van der Waals surface area (Å²) in [5, 5.41) is 3.73. The second kappa shape index (κ2) is 5.53. The molecule has 1 aromatic carbocycles. The SMILES string of the molecule is CCOc1ccc(OC(C)c2nc(C)no2)cc1. The second-order valence-corrected chi connectivity index (χ2v) is 3.84. The van der Waals surface area contributed by atoms with Crippen LogP contribution in [0.15, 0.2) is 28.8 Å². The lowest BCUT2D eigenvalue weighted by molar-refractivity contribution is 0.175. The average Bonchev–Trinajstić information content (AvgIpc) is 2.79. The first-order chi connectivity index (χ1) is 8.69. The number of benzene rings is 1. The Balaban J connectivity index is 2.00. The van der Waals surface area contributed by atoms with E-state index in [1.54, 1.807) is 6.92 Å². The molecule has 18 heavy (non-hydrogen) atoms. The normalized spacial score (nSPS) is 12.2. The van der Waals surface area contributed by atoms with Crippen molar-refractivity contribution in [3.63, 3.8) is 0 Å². The highest BCUT2D eigenvalue weighted by Crippen LogP contribution is 2.23. The van der Waals surface area contributed by atoms with Gasteiger partial charge in [0.25, 0.3) is 5.89 Å². The molecule has 1 aromatic heterocycles. The van der Waals surface area contributed by atoms with Gasteiger partial charge >= 0.3 is 0 Å². The molecule has 0 radical (unpaired) electrons. The Morgan fingerprint density at radius 3 is 2.44 bits per heavy atom. The lowest BCUT2D eigenvalue weighted by Gasteiger charge is -2.11. The van der Waals surface area contributed by atoms with Crippen molar-refractivity contribution in [1.82, 2.24) is 10.1 Å². The first kappa shape index (κ1) is 12.4. The predicted octanol–water partition coefficient (Wildman–Crippen LogP) is 2.92. The summed E-state index contributed by atoms with van der Waals surface area (Å²) in [4.78, 5) is 4.13. The van der Waals surface area contributed by atoms with Crippen LogP contribution in [0.5, 0.6) is 11.5 Å². The van der Waals surface area contributed by atoms with Crippen molar-refractivity contribution in [2.24, 2.45) is 0 Å². The minimum Gasteiger partial charge on any atom is -0.494 e. The summed E-state index contributed by atoms with van der Waals surface area (Å²) in [6, 6.07) is 7.44. The molecule has 1 unspecified atom stereocenters. The molecule has 1 atom stereocenters. The van der Waals surface area contributed by atoms with Crippen molar-refractivity contribution in [2.45, 2.75) is 26.9 Å². The molecule has 0 aliphatic heterocycles. The molecule has 5 heteroatoms. The number of hydrogen-bond acceptors (Lipinski definition) is 5. The van der Waals surface area contributed by atoms with Crippen LogP contribution in [0, 0.1) is 6.92 Å². The zero-order chi connectivity index (χ0) is 13.0. The van der Waals surface area contributed by atoms with Gasteiger partial charge in [0.15, 0.2) is 11.9 Å².